The lowest BCUT2D eigenvalue weighted by Crippen LogP contribution is -2.05. The molecule has 2 rings (SSSR count). The number of aliphatic imine (C=N–C) groups is 1. The highest BCUT2D eigenvalue weighted by Gasteiger charge is 2.24. The van der Waals surface area contributed by atoms with Crippen molar-refractivity contribution < 1.29 is 25.5 Å². The van der Waals surface area contributed by atoms with Crippen LogP contribution >= 0.6 is 0 Å². The molecule has 0 radical (unpaired) electrons. The number of nitrogens with zero attached hydrogens (tertiary/aromatic N) is 2. The van der Waals surface area contributed by atoms with E-state index in [1.54, 1.807) is 12.1 Å². The van der Waals surface area contributed by atoms with Crippen LogP contribution in [0.1, 0.15) is 46.7 Å². The van der Waals surface area contributed by atoms with Crippen LogP contribution in [-0.2, 0) is 19.8 Å². The Bertz CT molecular complexity index is 849. The average molecular weight is 359 g/mol. The molecule has 1 aromatic carbocycles. The number of aliphatic hydroxyl groups is 5. The summed E-state index contributed by atoms with van der Waals surface area (Å²) in [6.07, 6.45) is 0.343. The van der Waals surface area contributed by atoms with Crippen LogP contribution in [0.5, 0.6) is 0 Å². The largest absolute Gasteiger partial charge is 0.392 e. The smallest absolute Gasteiger partial charge is 0.134 e. The summed E-state index contributed by atoms with van der Waals surface area (Å²) in [5.74, 6) is 0. The maximum absolute atomic E-state index is 10.2. The van der Waals surface area contributed by atoms with Crippen LogP contribution in [0, 0.1) is 11.3 Å². The number of aliphatic hydroxyl groups excluding tert-OH is 5. The van der Waals surface area contributed by atoms with E-state index in [0.29, 0.717) is 39.1 Å². The third kappa shape index (κ3) is 3.53. The van der Waals surface area contributed by atoms with Crippen LogP contribution in [0.15, 0.2) is 17.1 Å². The molecule has 0 amide bonds. The predicted molar refractivity (Wildman–Crippen MR) is 94.0 cm³/mol. The summed E-state index contributed by atoms with van der Waals surface area (Å²) in [7, 11) is 0. The molecule has 8 nitrogen and oxygen atoms in total. The molecule has 6 N–H and O–H groups in total. The summed E-state index contributed by atoms with van der Waals surface area (Å²) < 4.78 is 0. The Balaban J connectivity index is 2.89. The fourth-order valence-corrected chi connectivity index (χ4v) is 3.06. The van der Waals surface area contributed by atoms with Crippen molar-refractivity contribution in [2.75, 3.05) is 6.73 Å². The molecular formula is C18H21N3O5. The number of hydrogen-bond donors (Lipinski definition) is 6. The molecule has 0 aliphatic carbocycles. The quantitative estimate of drug-likeness (QED) is 0.395. The minimum atomic E-state index is -0.992. The van der Waals surface area contributed by atoms with Gasteiger partial charge in [-0.2, -0.15) is 5.26 Å². The third-order valence-corrected chi connectivity index (χ3v) is 4.18. The number of H-pyrrole nitrogens is 1. The van der Waals surface area contributed by atoms with E-state index in [1.165, 1.54) is 13.1 Å². The zero-order valence-corrected chi connectivity index (χ0v) is 14.3. The van der Waals surface area contributed by atoms with E-state index in [-0.39, 0.29) is 18.9 Å². The van der Waals surface area contributed by atoms with Gasteiger partial charge in [0.05, 0.1) is 31.6 Å². The fraction of sp³-hybridized carbons (Fsp3) is 0.333. The molecule has 0 aliphatic rings. The van der Waals surface area contributed by atoms with Crippen molar-refractivity contribution in [3.63, 3.8) is 0 Å². The first kappa shape index (κ1) is 19.8. The Hall–Kier alpha value is -2.54. The van der Waals surface area contributed by atoms with Crippen LogP contribution < -0.4 is 0 Å². The van der Waals surface area contributed by atoms with Crippen molar-refractivity contribution in [2.45, 2.75) is 32.8 Å². The minimum absolute atomic E-state index is 0.134. The van der Waals surface area contributed by atoms with Gasteiger partial charge in [-0.3, -0.25) is 4.99 Å². The molecule has 1 aromatic heterocycles. The normalized spacial score (nSPS) is 12.5. The van der Waals surface area contributed by atoms with E-state index >= 15 is 0 Å². The number of nitriles is 1. The van der Waals surface area contributed by atoms with Gasteiger partial charge in [-0.1, -0.05) is 12.1 Å². The lowest BCUT2D eigenvalue weighted by molar-refractivity contribution is 0.199. The van der Waals surface area contributed by atoms with Crippen LogP contribution in [0.25, 0.3) is 11.1 Å². The number of rotatable bonds is 7. The van der Waals surface area contributed by atoms with Gasteiger partial charge in [-0.15, -0.1) is 0 Å². The maximum atomic E-state index is 10.2. The summed E-state index contributed by atoms with van der Waals surface area (Å²) in [6, 6.07) is 5.23. The van der Waals surface area contributed by atoms with Crippen molar-refractivity contribution in [2.24, 2.45) is 4.99 Å². The van der Waals surface area contributed by atoms with Crippen LogP contribution in [0.2, 0.25) is 0 Å². The molecule has 1 heterocycles. The second kappa shape index (κ2) is 8.71. The van der Waals surface area contributed by atoms with Gasteiger partial charge >= 0.3 is 0 Å². The van der Waals surface area contributed by atoms with E-state index in [4.69, 9.17) is 5.11 Å². The summed E-state index contributed by atoms with van der Waals surface area (Å²) in [5, 5.41) is 57.5. The van der Waals surface area contributed by atoms with Crippen LogP contribution in [0.3, 0.4) is 0 Å². The molecule has 0 saturated carbocycles. The molecule has 0 aliphatic heterocycles. The second-order valence-electron chi connectivity index (χ2n) is 5.65. The standard InChI is InChI=1S/C18H21N3O5/c1-10(26)17-15(4-19)21-16(5-20-9-25)18(17)12-3-2-11(6-22)13(7-23)14(12)8-24/h2-3,5,10,21-26H,6-9H2,1H3. The van der Waals surface area contributed by atoms with Gasteiger partial charge in [0.1, 0.15) is 18.5 Å². The predicted octanol–water partition coefficient (Wildman–Crippen LogP) is 0.452. The van der Waals surface area contributed by atoms with Gasteiger partial charge in [0, 0.05) is 17.3 Å². The summed E-state index contributed by atoms with van der Waals surface area (Å²) in [5.41, 5.74) is 3.00. The van der Waals surface area contributed by atoms with E-state index in [1.807, 2.05) is 6.07 Å². The van der Waals surface area contributed by atoms with E-state index in [2.05, 4.69) is 9.98 Å². The van der Waals surface area contributed by atoms with E-state index in [0.717, 1.165) is 0 Å². The van der Waals surface area contributed by atoms with Gasteiger partial charge < -0.3 is 30.5 Å². The molecule has 0 bridgehead atoms. The highest BCUT2D eigenvalue weighted by atomic mass is 16.3. The zero-order valence-electron chi connectivity index (χ0n) is 14.3. The molecule has 0 fully saturated rings. The first-order valence-electron chi connectivity index (χ1n) is 7.95. The topological polar surface area (TPSA) is 153 Å². The number of benzene rings is 1. The number of aromatic amines is 1. The molecule has 0 saturated heterocycles. The molecule has 0 spiro atoms. The highest BCUT2D eigenvalue weighted by Crippen LogP contribution is 2.37. The second-order valence-corrected chi connectivity index (χ2v) is 5.65. The van der Waals surface area contributed by atoms with E-state index in [9.17, 15) is 25.7 Å². The monoisotopic (exact) mass is 359 g/mol. The van der Waals surface area contributed by atoms with Crippen LogP contribution in [-0.4, -0.2) is 43.5 Å². The summed E-state index contributed by atoms with van der Waals surface area (Å²) >= 11 is 0. The average Bonchev–Trinajstić information content (AvgIpc) is 3.03. The molecule has 138 valence electrons. The first-order valence-corrected chi connectivity index (χ1v) is 7.95. The Kier molecular flexibility index (Phi) is 6.63. The Morgan fingerprint density at radius 2 is 1.85 bits per heavy atom. The zero-order chi connectivity index (χ0) is 19.3. The van der Waals surface area contributed by atoms with Gasteiger partial charge in [-0.25, -0.2) is 0 Å². The fourth-order valence-electron chi connectivity index (χ4n) is 3.06. The molecule has 1 unspecified atom stereocenters. The summed E-state index contributed by atoms with van der Waals surface area (Å²) in [4.78, 5) is 6.62. The lowest BCUT2D eigenvalue weighted by atomic mass is 9.89. The Morgan fingerprint density at radius 3 is 2.35 bits per heavy atom. The Labute approximate surface area is 150 Å². The number of aromatic nitrogens is 1. The van der Waals surface area contributed by atoms with Gasteiger partial charge in [0.15, 0.2) is 0 Å². The van der Waals surface area contributed by atoms with Crippen molar-refractivity contribution in [3.8, 4) is 17.2 Å². The third-order valence-electron chi connectivity index (χ3n) is 4.18. The van der Waals surface area contributed by atoms with Crippen molar-refractivity contribution in [3.05, 3.63) is 45.8 Å². The van der Waals surface area contributed by atoms with Gasteiger partial charge in [-0.05, 0) is 29.2 Å². The van der Waals surface area contributed by atoms with Gasteiger partial charge in [0.2, 0.25) is 0 Å². The highest BCUT2D eigenvalue weighted by molar-refractivity contribution is 5.92. The summed E-state index contributed by atoms with van der Waals surface area (Å²) in [6.45, 7) is -0.0558. The lowest BCUT2D eigenvalue weighted by Gasteiger charge is -2.17. The van der Waals surface area contributed by atoms with Crippen molar-refractivity contribution in [1.29, 1.82) is 5.26 Å². The Morgan fingerprint density at radius 1 is 1.15 bits per heavy atom. The molecular weight excluding hydrogens is 338 g/mol. The van der Waals surface area contributed by atoms with Crippen LogP contribution in [0.4, 0.5) is 0 Å². The SMILES string of the molecule is CC(O)c1c(C#N)[nH]c(C=NCO)c1-c1ccc(CO)c(CO)c1CO. The molecule has 26 heavy (non-hydrogen) atoms. The first-order chi connectivity index (χ1) is 12.5. The molecule has 2 aromatic rings. The van der Waals surface area contributed by atoms with Crippen molar-refractivity contribution in [1.82, 2.24) is 4.98 Å². The molecule has 1 atom stereocenters. The maximum Gasteiger partial charge on any atom is 0.134 e. The minimum Gasteiger partial charge on any atom is -0.392 e. The number of nitrogens with one attached hydrogen (secondary N) is 1. The van der Waals surface area contributed by atoms with Crippen molar-refractivity contribution >= 4 is 6.21 Å². The number of hydrogen-bond acceptors (Lipinski definition) is 7. The molecule has 8 heteroatoms. The van der Waals surface area contributed by atoms with Gasteiger partial charge in [0.25, 0.3) is 0 Å². The van der Waals surface area contributed by atoms with E-state index < -0.39 is 19.4 Å².